The molecule has 0 saturated carbocycles. The molecule has 130 valence electrons. The number of aryl methyl sites for hydroxylation is 1. The van der Waals surface area contributed by atoms with Crippen molar-refractivity contribution in [3.63, 3.8) is 0 Å². The van der Waals surface area contributed by atoms with Gasteiger partial charge in [0.25, 0.3) is 5.56 Å². The third kappa shape index (κ3) is 3.37. The van der Waals surface area contributed by atoms with E-state index in [1.807, 2.05) is 38.1 Å². The first kappa shape index (κ1) is 17.4. The maximum atomic E-state index is 12.9. The highest BCUT2D eigenvalue weighted by atomic mass is 16.7. The van der Waals surface area contributed by atoms with Crippen LogP contribution in [0.2, 0.25) is 0 Å². The zero-order valence-corrected chi connectivity index (χ0v) is 14.6. The van der Waals surface area contributed by atoms with Crippen LogP contribution in [0, 0.1) is 12.3 Å². The van der Waals surface area contributed by atoms with Crippen LogP contribution in [-0.4, -0.2) is 22.8 Å². The predicted octanol–water partition coefficient (Wildman–Crippen LogP) is 2.71. The third-order valence-electron chi connectivity index (χ3n) is 4.32. The SMILES string of the molecule is C#CCn1c(-c2cccc(C3OCCO3)c2)nc(CC)c(CC)c1=O. The van der Waals surface area contributed by atoms with E-state index in [2.05, 4.69) is 5.92 Å². The average Bonchev–Trinajstić information content (AvgIpc) is 3.18. The van der Waals surface area contributed by atoms with E-state index in [1.165, 1.54) is 0 Å². The molecule has 3 rings (SSSR count). The molecular formula is C20H22N2O3. The van der Waals surface area contributed by atoms with Crippen molar-refractivity contribution in [3.05, 3.63) is 51.4 Å². The summed E-state index contributed by atoms with van der Waals surface area (Å²) < 4.78 is 12.7. The Morgan fingerprint density at radius 3 is 2.68 bits per heavy atom. The van der Waals surface area contributed by atoms with Gasteiger partial charge >= 0.3 is 0 Å². The minimum absolute atomic E-state index is 0.0546. The quantitative estimate of drug-likeness (QED) is 0.787. The number of terminal acetylenes is 1. The first-order chi connectivity index (χ1) is 12.2. The van der Waals surface area contributed by atoms with Crippen LogP contribution in [0.15, 0.2) is 29.1 Å². The molecule has 1 aromatic heterocycles. The average molecular weight is 338 g/mol. The van der Waals surface area contributed by atoms with Crippen LogP contribution < -0.4 is 5.56 Å². The van der Waals surface area contributed by atoms with E-state index in [4.69, 9.17) is 20.9 Å². The zero-order valence-electron chi connectivity index (χ0n) is 14.6. The summed E-state index contributed by atoms with van der Waals surface area (Å²) >= 11 is 0. The molecule has 0 radical (unpaired) electrons. The van der Waals surface area contributed by atoms with E-state index >= 15 is 0 Å². The van der Waals surface area contributed by atoms with Crippen LogP contribution >= 0.6 is 0 Å². The number of ether oxygens (including phenoxy) is 2. The molecule has 25 heavy (non-hydrogen) atoms. The maximum absolute atomic E-state index is 12.9. The van der Waals surface area contributed by atoms with Crippen molar-refractivity contribution in [2.24, 2.45) is 0 Å². The van der Waals surface area contributed by atoms with Crippen LogP contribution in [-0.2, 0) is 28.9 Å². The molecule has 2 aromatic rings. The molecule has 1 aromatic carbocycles. The highest BCUT2D eigenvalue weighted by Gasteiger charge is 2.20. The molecule has 1 aliphatic rings. The van der Waals surface area contributed by atoms with Crippen molar-refractivity contribution >= 4 is 0 Å². The van der Waals surface area contributed by atoms with E-state index in [9.17, 15) is 4.79 Å². The summed E-state index contributed by atoms with van der Waals surface area (Å²) in [5, 5.41) is 0. The standard InChI is InChI=1S/C20H22N2O3/c1-4-10-22-18(21-17(6-3)16(5-2)19(22)23)14-8-7-9-15(13-14)20-24-11-12-25-20/h1,7-9,13,20H,5-6,10-12H2,2-3H3. The summed E-state index contributed by atoms with van der Waals surface area (Å²) in [6, 6.07) is 7.75. The highest BCUT2D eigenvalue weighted by molar-refractivity contribution is 5.57. The minimum atomic E-state index is -0.367. The van der Waals surface area contributed by atoms with E-state index in [0.29, 0.717) is 31.9 Å². The second-order valence-corrected chi connectivity index (χ2v) is 5.86. The molecule has 5 heteroatoms. The van der Waals surface area contributed by atoms with Crippen molar-refractivity contribution < 1.29 is 9.47 Å². The number of benzene rings is 1. The van der Waals surface area contributed by atoms with Gasteiger partial charge in [0.2, 0.25) is 0 Å². The number of nitrogens with zero attached hydrogens (tertiary/aromatic N) is 2. The Kier molecular flexibility index (Phi) is 5.32. The molecule has 0 bridgehead atoms. The zero-order chi connectivity index (χ0) is 17.8. The van der Waals surface area contributed by atoms with Crippen LogP contribution in [0.4, 0.5) is 0 Å². The van der Waals surface area contributed by atoms with E-state index < -0.39 is 0 Å². The lowest BCUT2D eigenvalue weighted by molar-refractivity contribution is -0.0440. The fourth-order valence-corrected chi connectivity index (χ4v) is 3.12. The molecule has 0 amide bonds. The summed E-state index contributed by atoms with van der Waals surface area (Å²) in [7, 11) is 0. The molecule has 5 nitrogen and oxygen atoms in total. The van der Waals surface area contributed by atoms with Crippen molar-refractivity contribution in [1.82, 2.24) is 9.55 Å². The van der Waals surface area contributed by atoms with Gasteiger partial charge in [-0.1, -0.05) is 38.0 Å². The molecular weight excluding hydrogens is 316 g/mol. The lowest BCUT2D eigenvalue weighted by Crippen LogP contribution is -2.28. The van der Waals surface area contributed by atoms with Gasteiger partial charge in [0, 0.05) is 16.7 Å². The van der Waals surface area contributed by atoms with Gasteiger partial charge in [-0.2, -0.15) is 0 Å². The highest BCUT2D eigenvalue weighted by Crippen LogP contribution is 2.27. The lowest BCUT2D eigenvalue weighted by atomic mass is 10.1. The molecule has 0 atom stereocenters. The summed E-state index contributed by atoms with van der Waals surface area (Å²) in [4.78, 5) is 17.6. The largest absolute Gasteiger partial charge is 0.346 e. The Balaban J connectivity index is 2.16. The summed E-state index contributed by atoms with van der Waals surface area (Å²) in [5.41, 5.74) is 3.26. The molecule has 2 heterocycles. The number of hydrogen-bond acceptors (Lipinski definition) is 4. The van der Waals surface area contributed by atoms with Gasteiger partial charge in [0.1, 0.15) is 5.82 Å². The Hall–Kier alpha value is -2.42. The van der Waals surface area contributed by atoms with E-state index in [-0.39, 0.29) is 18.4 Å². The van der Waals surface area contributed by atoms with Gasteiger partial charge < -0.3 is 9.47 Å². The van der Waals surface area contributed by atoms with Crippen LogP contribution in [0.3, 0.4) is 0 Å². The summed E-state index contributed by atoms with van der Waals surface area (Å²) in [6.07, 6.45) is 6.47. The maximum Gasteiger partial charge on any atom is 0.258 e. The van der Waals surface area contributed by atoms with Crippen molar-refractivity contribution in [3.8, 4) is 23.7 Å². The monoisotopic (exact) mass is 338 g/mol. The van der Waals surface area contributed by atoms with Crippen molar-refractivity contribution in [1.29, 1.82) is 0 Å². The second-order valence-electron chi connectivity index (χ2n) is 5.86. The smallest absolute Gasteiger partial charge is 0.258 e. The summed E-state index contributed by atoms with van der Waals surface area (Å²) in [6.45, 7) is 5.33. The van der Waals surface area contributed by atoms with Gasteiger partial charge in [-0.05, 0) is 18.9 Å². The van der Waals surface area contributed by atoms with E-state index in [1.54, 1.807) is 4.57 Å². The van der Waals surface area contributed by atoms with Gasteiger partial charge in [0.15, 0.2) is 6.29 Å². The Bertz CT molecular complexity index is 858. The molecule has 1 saturated heterocycles. The molecule has 0 spiro atoms. The lowest BCUT2D eigenvalue weighted by Gasteiger charge is -2.16. The predicted molar refractivity (Wildman–Crippen MR) is 96.2 cm³/mol. The summed E-state index contributed by atoms with van der Waals surface area (Å²) in [5.74, 6) is 3.16. The molecule has 0 N–H and O–H groups in total. The first-order valence-corrected chi connectivity index (χ1v) is 8.59. The van der Waals surface area contributed by atoms with Crippen LogP contribution in [0.1, 0.15) is 37.0 Å². The molecule has 0 unspecified atom stereocenters. The topological polar surface area (TPSA) is 53.4 Å². The fraction of sp³-hybridized carbons (Fsp3) is 0.400. The Morgan fingerprint density at radius 1 is 1.28 bits per heavy atom. The van der Waals surface area contributed by atoms with E-state index in [0.717, 1.165) is 22.4 Å². The van der Waals surface area contributed by atoms with Crippen molar-refractivity contribution in [2.75, 3.05) is 13.2 Å². The van der Waals surface area contributed by atoms with Crippen molar-refractivity contribution in [2.45, 2.75) is 39.5 Å². The number of aromatic nitrogens is 2. The second kappa shape index (κ2) is 7.64. The minimum Gasteiger partial charge on any atom is -0.346 e. The van der Waals surface area contributed by atoms with Gasteiger partial charge in [-0.15, -0.1) is 6.42 Å². The van der Waals surface area contributed by atoms with Gasteiger partial charge in [0.05, 0.1) is 25.5 Å². The third-order valence-corrected chi connectivity index (χ3v) is 4.32. The van der Waals surface area contributed by atoms with Crippen LogP contribution in [0.5, 0.6) is 0 Å². The molecule has 1 aliphatic heterocycles. The number of rotatable bonds is 5. The Morgan fingerprint density at radius 2 is 2.04 bits per heavy atom. The Labute approximate surface area is 147 Å². The van der Waals surface area contributed by atoms with Gasteiger partial charge in [-0.25, -0.2) is 4.98 Å². The first-order valence-electron chi connectivity index (χ1n) is 8.59. The normalized spacial score (nSPS) is 14.6. The molecule has 0 aliphatic carbocycles. The fourth-order valence-electron chi connectivity index (χ4n) is 3.12. The number of hydrogen-bond donors (Lipinski definition) is 0. The molecule has 1 fully saturated rings. The van der Waals surface area contributed by atoms with Crippen LogP contribution in [0.25, 0.3) is 11.4 Å². The van der Waals surface area contributed by atoms with Gasteiger partial charge in [-0.3, -0.25) is 9.36 Å².